The molecule has 0 atom stereocenters. The number of fused-ring (bicyclic) bond motifs is 1. The van der Waals surface area contributed by atoms with Crippen molar-refractivity contribution in [3.63, 3.8) is 0 Å². The molecule has 2 aromatic heterocycles. The number of piperazine rings is 1. The van der Waals surface area contributed by atoms with E-state index in [1.54, 1.807) is 6.20 Å². The van der Waals surface area contributed by atoms with E-state index < -0.39 is 0 Å². The second-order valence-electron chi connectivity index (χ2n) is 11.0. The van der Waals surface area contributed by atoms with Gasteiger partial charge in [-0.3, -0.25) is 14.1 Å². The van der Waals surface area contributed by atoms with Gasteiger partial charge >= 0.3 is 0 Å². The SMILES string of the molecule is Cc1ccc(C(=O)Nc2ccc(CN3CCN(C)CC3)c(C)c2)cc1C#Cc1nc(C(C)C)n2ccnc(N)c12. The summed E-state index contributed by atoms with van der Waals surface area (Å²) in [6.45, 7) is 13.5. The van der Waals surface area contributed by atoms with E-state index in [1.807, 2.05) is 47.9 Å². The van der Waals surface area contributed by atoms with E-state index in [-0.39, 0.29) is 11.8 Å². The average molecular weight is 536 g/mol. The van der Waals surface area contributed by atoms with Gasteiger partial charge in [0.05, 0.1) is 0 Å². The quantitative estimate of drug-likeness (QED) is 0.367. The molecule has 1 aliphatic heterocycles. The van der Waals surface area contributed by atoms with Crippen molar-refractivity contribution in [1.29, 1.82) is 0 Å². The van der Waals surface area contributed by atoms with Crippen molar-refractivity contribution in [1.82, 2.24) is 24.2 Å². The van der Waals surface area contributed by atoms with Gasteiger partial charge < -0.3 is 16.0 Å². The standard InChI is InChI=1S/C32H37N7O/c1-21(2)31-36-28(29-30(33)34-12-13-39(29)31)11-9-24-19-25(7-6-22(24)3)32(40)35-27-10-8-26(23(4)18-27)20-38-16-14-37(5)15-17-38/h6-8,10,12-13,18-19,21H,14-17,20H2,1-5H3,(H2,33,34)(H,35,40). The number of hydrogen-bond donors (Lipinski definition) is 2. The van der Waals surface area contributed by atoms with Crippen LogP contribution < -0.4 is 11.1 Å². The zero-order valence-corrected chi connectivity index (χ0v) is 24.0. The highest BCUT2D eigenvalue weighted by molar-refractivity contribution is 6.04. The summed E-state index contributed by atoms with van der Waals surface area (Å²) in [5.41, 5.74) is 13.0. The van der Waals surface area contributed by atoms with Crippen LogP contribution in [0.1, 0.15) is 63.9 Å². The fraction of sp³-hybridized carbons (Fsp3) is 0.344. The number of imidazole rings is 1. The third-order valence-electron chi connectivity index (χ3n) is 7.53. The first kappa shape index (κ1) is 27.4. The van der Waals surface area contributed by atoms with Crippen LogP contribution in [0.3, 0.4) is 0 Å². The van der Waals surface area contributed by atoms with Crippen LogP contribution >= 0.6 is 0 Å². The molecule has 2 aromatic carbocycles. The molecule has 1 amide bonds. The minimum atomic E-state index is -0.169. The van der Waals surface area contributed by atoms with E-state index in [4.69, 9.17) is 10.7 Å². The van der Waals surface area contributed by atoms with Gasteiger partial charge in [0.15, 0.2) is 5.82 Å². The number of hydrogen-bond acceptors (Lipinski definition) is 6. The highest BCUT2D eigenvalue weighted by atomic mass is 16.1. The van der Waals surface area contributed by atoms with Crippen molar-refractivity contribution in [2.75, 3.05) is 44.3 Å². The van der Waals surface area contributed by atoms with E-state index in [0.29, 0.717) is 22.6 Å². The zero-order valence-electron chi connectivity index (χ0n) is 24.0. The largest absolute Gasteiger partial charge is 0.382 e. The Kier molecular flexibility index (Phi) is 7.88. The van der Waals surface area contributed by atoms with Gasteiger partial charge in [-0.15, -0.1) is 0 Å². The van der Waals surface area contributed by atoms with Crippen molar-refractivity contribution >= 4 is 22.9 Å². The van der Waals surface area contributed by atoms with E-state index >= 15 is 0 Å². The number of nitrogens with two attached hydrogens (primary N) is 1. The Morgan fingerprint density at radius 1 is 1.05 bits per heavy atom. The Hall–Kier alpha value is -4.19. The maximum Gasteiger partial charge on any atom is 0.255 e. The molecule has 0 radical (unpaired) electrons. The summed E-state index contributed by atoms with van der Waals surface area (Å²) in [7, 11) is 2.17. The molecule has 5 rings (SSSR count). The number of nitrogens with one attached hydrogen (secondary N) is 1. The molecule has 3 heterocycles. The smallest absolute Gasteiger partial charge is 0.255 e. The van der Waals surface area contributed by atoms with Gasteiger partial charge in [0.2, 0.25) is 0 Å². The molecular weight excluding hydrogens is 498 g/mol. The predicted octanol–water partition coefficient (Wildman–Crippen LogP) is 4.45. The summed E-state index contributed by atoms with van der Waals surface area (Å²) in [6, 6.07) is 11.7. The van der Waals surface area contributed by atoms with E-state index in [2.05, 4.69) is 65.8 Å². The number of aryl methyl sites for hydroxylation is 2. The van der Waals surface area contributed by atoms with Crippen LogP contribution in [-0.2, 0) is 6.54 Å². The van der Waals surface area contributed by atoms with Crippen molar-refractivity contribution in [2.45, 2.75) is 40.2 Å². The number of carbonyl (C=O) groups is 1. The molecule has 0 bridgehead atoms. The van der Waals surface area contributed by atoms with Crippen LogP contribution in [0.25, 0.3) is 5.52 Å². The topological polar surface area (TPSA) is 91.8 Å². The van der Waals surface area contributed by atoms with Gasteiger partial charge in [0.1, 0.15) is 17.0 Å². The van der Waals surface area contributed by atoms with Crippen molar-refractivity contribution in [3.8, 4) is 11.8 Å². The van der Waals surface area contributed by atoms with Crippen LogP contribution in [0.5, 0.6) is 0 Å². The van der Waals surface area contributed by atoms with E-state index in [9.17, 15) is 4.79 Å². The van der Waals surface area contributed by atoms with Crippen molar-refractivity contribution in [2.24, 2.45) is 0 Å². The first-order valence-electron chi connectivity index (χ1n) is 13.8. The first-order chi connectivity index (χ1) is 19.2. The number of benzene rings is 2. The molecule has 3 N–H and O–H groups in total. The van der Waals surface area contributed by atoms with Crippen molar-refractivity contribution < 1.29 is 4.79 Å². The van der Waals surface area contributed by atoms with E-state index in [0.717, 1.165) is 55.4 Å². The highest BCUT2D eigenvalue weighted by Crippen LogP contribution is 2.23. The number of anilines is 2. The normalized spacial score (nSPS) is 14.3. The second kappa shape index (κ2) is 11.5. The van der Waals surface area contributed by atoms with Crippen LogP contribution in [0.2, 0.25) is 0 Å². The summed E-state index contributed by atoms with van der Waals surface area (Å²) in [4.78, 5) is 27.0. The van der Waals surface area contributed by atoms with Gasteiger partial charge in [-0.2, -0.15) is 0 Å². The number of rotatable bonds is 5. The number of nitrogen functional groups attached to an aromatic ring is 1. The molecule has 206 valence electrons. The Morgan fingerprint density at radius 3 is 2.55 bits per heavy atom. The summed E-state index contributed by atoms with van der Waals surface area (Å²) in [6.07, 6.45) is 3.53. The van der Waals surface area contributed by atoms with Gasteiger partial charge in [0, 0.05) is 67.8 Å². The molecule has 1 aliphatic rings. The van der Waals surface area contributed by atoms with E-state index in [1.165, 1.54) is 11.1 Å². The zero-order chi connectivity index (χ0) is 28.4. The molecule has 40 heavy (non-hydrogen) atoms. The minimum Gasteiger partial charge on any atom is -0.382 e. The fourth-order valence-corrected chi connectivity index (χ4v) is 5.01. The maximum atomic E-state index is 13.2. The lowest BCUT2D eigenvalue weighted by Crippen LogP contribution is -2.43. The van der Waals surface area contributed by atoms with Gasteiger partial charge in [0.25, 0.3) is 5.91 Å². The Bertz CT molecular complexity index is 1620. The maximum absolute atomic E-state index is 13.2. The van der Waals surface area contributed by atoms with Gasteiger partial charge in [-0.25, -0.2) is 9.97 Å². The lowest BCUT2D eigenvalue weighted by atomic mass is 10.0. The summed E-state index contributed by atoms with van der Waals surface area (Å²) >= 11 is 0. The monoisotopic (exact) mass is 535 g/mol. The molecule has 1 saturated heterocycles. The molecule has 0 spiro atoms. The summed E-state index contributed by atoms with van der Waals surface area (Å²) in [5, 5.41) is 3.06. The lowest BCUT2D eigenvalue weighted by Gasteiger charge is -2.32. The Morgan fingerprint density at radius 2 is 1.82 bits per heavy atom. The third-order valence-corrected chi connectivity index (χ3v) is 7.53. The molecule has 4 aromatic rings. The third kappa shape index (κ3) is 5.86. The molecule has 0 saturated carbocycles. The molecule has 1 fully saturated rings. The average Bonchev–Trinajstić information content (AvgIpc) is 3.31. The van der Waals surface area contributed by atoms with Crippen LogP contribution in [0, 0.1) is 25.7 Å². The molecule has 8 nitrogen and oxygen atoms in total. The number of likely N-dealkylation sites (N-methyl/N-ethyl adjacent to an activating group) is 1. The molecule has 8 heteroatoms. The first-order valence-corrected chi connectivity index (χ1v) is 13.8. The van der Waals surface area contributed by atoms with Crippen LogP contribution in [0.15, 0.2) is 48.8 Å². The predicted molar refractivity (Wildman–Crippen MR) is 161 cm³/mol. The van der Waals surface area contributed by atoms with Crippen LogP contribution in [0.4, 0.5) is 11.5 Å². The van der Waals surface area contributed by atoms with Gasteiger partial charge in [-0.1, -0.05) is 31.9 Å². The number of amides is 1. The summed E-state index contributed by atoms with van der Waals surface area (Å²) in [5.74, 6) is 7.70. The minimum absolute atomic E-state index is 0.169. The number of aromatic nitrogens is 3. The highest BCUT2D eigenvalue weighted by Gasteiger charge is 2.17. The number of nitrogens with zero attached hydrogens (tertiary/aromatic N) is 5. The number of carbonyl (C=O) groups excluding carboxylic acids is 1. The van der Waals surface area contributed by atoms with Gasteiger partial charge in [-0.05, 0) is 67.8 Å². The molecular formula is C32H37N7O. The van der Waals surface area contributed by atoms with Crippen molar-refractivity contribution in [3.05, 3.63) is 88.1 Å². The summed E-state index contributed by atoms with van der Waals surface area (Å²) < 4.78 is 1.95. The Balaban J connectivity index is 1.34. The Labute approximate surface area is 236 Å². The fourth-order valence-electron chi connectivity index (χ4n) is 5.01. The lowest BCUT2D eigenvalue weighted by molar-refractivity contribution is 0.102. The molecule has 0 aliphatic carbocycles. The van der Waals surface area contributed by atoms with Crippen LogP contribution in [-0.4, -0.2) is 63.3 Å². The second-order valence-corrected chi connectivity index (χ2v) is 11.0. The molecule has 0 unspecified atom stereocenters.